The number of carbonyl (C=O) groups is 5. The number of nitrogens with two attached hydrogens (primary N) is 2. The van der Waals surface area contributed by atoms with Gasteiger partial charge in [0.2, 0.25) is 23.6 Å². The first-order valence-corrected chi connectivity index (χ1v) is 10.4. The summed E-state index contributed by atoms with van der Waals surface area (Å²) in [4.78, 5) is 58.6. The van der Waals surface area contributed by atoms with Crippen molar-refractivity contribution in [1.29, 1.82) is 0 Å². The summed E-state index contributed by atoms with van der Waals surface area (Å²) in [6.45, 7) is -0.309. The lowest BCUT2D eigenvalue weighted by atomic mass is 10.1. The van der Waals surface area contributed by atoms with Crippen LogP contribution in [-0.4, -0.2) is 77.1 Å². The van der Waals surface area contributed by atoms with Crippen molar-refractivity contribution in [2.75, 3.05) is 24.3 Å². The molecule has 0 aromatic carbocycles. The van der Waals surface area contributed by atoms with Gasteiger partial charge in [-0.25, -0.2) is 4.79 Å². The van der Waals surface area contributed by atoms with Gasteiger partial charge in [-0.3, -0.25) is 19.2 Å². The standard InChI is InChI=1S/C15H27N5O6S2/c1-28-5-4-9(18-12(22)6-16)14(24)19-8(2-3-11(17)21)13(23)20-10(7-27)15(25)26/h8-10,27H,2-7,16H2,1H3,(H2,17,21)(H,18,22)(H,19,24)(H,20,23)(H,25,26). The second kappa shape index (κ2) is 14.1. The van der Waals surface area contributed by atoms with Gasteiger partial charge < -0.3 is 32.5 Å². The number of hydrogen-bond acceptors (Lipinski definition) is 8. The van der Waals surface area contributed by atoms with Crippen molar-refractivity contribution in [3.63, 3.8) is 0 Å². The summed E-state index contributed by atoms with van der Waals surface area (Å²) in [7, 11) is 0. The number of nitrogens with one attached hydrogen (secondary N) is 3. The van der Waals surface area contributed by atoms with Crippen molar-refractivity contribution >= 4 is 54.0 Å². The largest absolute Gasteiger partial charge is 0.480 e. The Labute approximate surface area is 172 Å². The highest BCUT2D eigenvalue weighted by atomic mass is 32.2. The third-order valence-corrected chi connectivity index (χ3v) is 4.57. The maximum absolute atomic E-state index is 12.5. The molecule has 11 nitrogen and oxygen atoms in total. The maximum Gasteiger partial charge on any atom is 0.327 e. The van der Waals surface area contributed by atoms with E-state index in [0.717, 1.165) is 0 Å². The fourth-order valence-electron chi connectivity index (χ4n) is 2.04. The Morgan fingerprint density at radius 3 is 1.96 bits per heavy atom. The van der Waals surface area contributed by atoms with E-state index in [1.54, 1.807) is 0 Å². The zero-order chi connectivity index (χ0) is 21.7. The molecule has 0 aromatic rings. The lowest BCUT2D eigenvalue weighted by Crippen LogP contribution is -2.56. The van der Waals surface area contributed by atoms with Crippen LogP contribution in [0.5, 0.6) is 0 Å². The average molecular weight is 438 g/mol. The Bertz CT molecular complexity index is 577. The average Bonchev–Trinajstić information content (AvgIpc) is 2.65. The Kier molecular flexibility index (Phi) is 13.1. The normalized spacial score (nSPS) is 13.7. The van der Waals surface area contributed by atoms with Gasteiger partial charge in [0.05, 0.1) is 6.54 Å². The van der Waals surface area contributed by atoms with Crippen molar-refractivity contribution in [3.8, 4) is 0 Å². The quantitative estimate of drug-likeness (QED) is 0.144. The van der Waals surface area contributed by atoms with Gasteiger partial charge in [-0.05, 0) is 24.9 Å². The first kappa shape index (κ1) is 26.0. The van der Waals surface area contributed by atoms with E-state index in [-0.39, 0.29) is 31.6 Å². The van der Waals surface area contributed by atoms with Gasteiger partial charge in [0, 0.05) is 12.2 Å². The second-order valence-electron chi connectivity index (χ2n) is 5.75. The van der Waals surface area contributed by atoms with Crippen LogP contribution in [0, 0.1) is 0 Å². The van der Waals surface area contributed by atoms with Crippen LogP contribution in [-0.2, 0) is 24.0 Å². The van der Waals surface area contributed by atoms with Crippen LogP contribution in [0.15, 0.2) is 0 Å². The molecule has 0 spiro atoms. The highest BCUT2D eigenvalue weighted by molar-refractivity contribution is 7.98. The van der Waals surface area contributed by atoms with E-state index >= 15 is 0 Å². The summed E-state index contributed by atoms with van der Waals surface area (Å²) < 4.78 is 0. The van der Waals surface area contributed by atoms with E-state index in [9.17, 15) is 24.0 Å². The first-order valence-electron chi connectivity index (χ1n) is 8.37. The predicted molar refractivity (Wildman–Crippen MR) is 108 cm³/mol. The van der Waals surface area contributed by atoms with E-state index < -0.39 is 47.7 Å². The Morgan fingerprint density at radius 2 is 1.54 bits per heavy atom. The van der Waals surface area contributed by atoms with Crippen LogP contribution in [0.25, 0.3) is 0 Å². The summed E-state index contributed by atoms with van der Waals surface area (Å²) in [5.74, 6) is -3.59. The molecule has 8 N–H and O–H groups in total. The molecule has 0 aliphatic carbocycles. The zero-order valence-electron chi connectivity index (χ0n) is 15.5. The van der Waals surface area contributed by atoms with Crippen molar-refractivity contribution in [2.45, 2.75) is 37.4 Å². The molecule has 0 aliphatic rings. The number of carboxylic acid groups (broad SMARTS) is 1. The van der Waals surface area contributed by atoms with E-state index in [1.165, 1.54) is 11.8 Å². The van der Waals surface area contributed by atoms with Gasteiger partial charge in [0.25, 0.3) is 0 Å². The summed E-state index contributed by atoms with van der Waals surface area (Å²) in [6, 6.07) is -3.42. The summed E-state index contributed by atoms with van der Waals surface area (Å²) >= 11 is 5.31. The smallest absolute Gasteiger partial charge is 0.327 e. The molecular weight excluding hydrogens is 410 g/mol. The molecular formula is C15H27N5O6S2. The molecule has 0 heterocycles. The van der Waals surface area contributed by atoms with Gasteiger partial charge in [-0.2, -0.15) is 24.4 Å². The van der Waals surface area contributed by atoms with Crippen LogP contribution >= 0.6 is 24.4 Å². The number of carbonyl (C=O) groups excluding carboxylic acids is 4. The van der Waals surface area contributed by atoms with Crippen LogP contribution in [0.4, 0.5) is 0 Å². The molecule has 13 heteroatoms. The summed E-state index contributed by atoms with van der Waals surface area (Å²) in [5, 5.41) is 16.2. The number of primary amides is 1. The lowest BCUT2D eigenvalue weighted by molar-refractivity contribution is -0.141. The van der Waals surface area contributed by atoms with E-state index in [0.29, 0.717) is 5.75 Å². The monoisotopic (exact) mass is 437 g/mol. The van der Waals surface area contributed by atoms with E-state index in [4.69, 9.17) is 16.6 Å². The van der Waals surface area contributed by atoms with Crippen molar-refractivity contribution in [1.82, 2.24) is 16.0 Å². The third kappa shape index (κ3) is 10.4. The number of thioether (sulfide) groups is 1. The minimum Gasteiger partial charge on any atom is -0.480 e. The molecule has 0 bridgehead atoms. The lowest BCUT2D eigenvalue weighted by Gasteiger charge is -2.24. The Hall–Kier alpha value is -1.99. The highest BCUT2D eigenvalue weighted by Gasteiger charge is 2.29. The van der Waals surface area contributed by atoms with Crippen molar-refractivity contribution < 1.29 is 29.1 Å². The molecule has 0 aromatic heterocycles. The molecule has 0 fully saturated rings. The van der Waals surface area contributed by atoms with Crippen molar-refractivity contribution in [3.05, 3.63) is 0 Å². The van der Waals surface area contributed by atoms with Gasteiger partial charge in [-0.15, -0.1) is 0 Å². The maximum atomic E-state index is 12.5. The fraction of sp³-hybridized carbons (Fsp3) is 0.667. The van der Waals surface area contributed by atoms with Crippen molar-refractivity contribution in [2.24, 2.45) is 11.5 Å². The molecule has 0 saturated heterocycles. The van der Waals surface area contributed by atoms with Gasteiger partial charge in [0.15, 0.2) is 0 Å². The van der Waals surface area contributed by atoms with Crippen LogP contribution in [0.2, 0.25) is 0 Å². The number of carboxylic acids is 1. The van der Waals surface area contributed by atoms with Gasteiger partial charge in [-0.1, -0.05) is 0 Å². The minimum atomic E-state index is -1.30. The number of amides is 4. The van der Waals surface area contributed by atoms with E-state index in [1.807, 2.05) is 6.26 Å². The molecule has 0 aliphatic heterocycles. The third-order valence-electron chi connectivity index (χ3n) is 3.56. The van der Waals surface area contributed by atoms with Gasteiger partial charge >= 0.3 is 5.97 Å². The highest BCUT2D eigenvalue weighted by Crippen LogP contribution is 2.05. The predicted octanol–water partition coefficient (Wildman–Crippen LogP) is -2.57. The number of aliphatic carboxylic acids is 1. The molecule has 0 radical (unpaired) electrons. The first-order chi connectivity index (χ1) is 13.2. The molecule has 0 saturated carbocycles. The summed E-state index contributed by atoms with van der Waals surface area (Å²) in [5.41, 5.74) is 10.3. The SMILES string of the molecule is CSCCC(NC(=O)CN)C(=O)NC(CCC(N)=O)C(=O)NC(CS)C(=O)O. The zero-order valence-corrected chi connectivity index (χ0v) is 17.2. The Morgan fingerprint density at radius 1 is 1.00 bits per heavy atom. The van der Waals surface area contributed by atoms with E-state index in [2.05, 4.69) is 28.6 Å². The minimum absolute atomic E-state index is 0.133. The number of rotatable bonds is 14. The number of hydrogen-bond donors (Lipinski definition) is 7. The second-order valence-corrected chi connectivity index (χ2v) is 7.10. The summed E-state index contributed by atoms with van der Waals surface area (Å²) in [6.07, 6.45) is 1.77. The fourth-order valence-corrected chi connectivity index (χ4v) is 2.76. The molecule has 160 valence electrons. The van der Waals surface area contributed by atoms with Gasteiger partial charge in [0.1, 0.15) is 18.1 Å². The molecule has 3 unspecified atom stereocenters. The van der Waals surface area contributed by atoms with Crippen LogP contribution < -0.4 is 27.4 Å². The molecule has 3 atom stereocenters. The Balaban J connectivity index is 5.26. The van der Waals surface area contributed by atoms with Crippen LogP contribution in [0.1, 0.15) is 19.3 Å². The molecule has 4 amide bonds. The topological polar surface area (TPSA) is 194 Å². The number of thiol groups is 1. The molecule has 28 heavy (non-hydrogen) atoms. The van der Waals surface area contributed by atoms with Crippen LogP contribution in [0.3, 0.4) is 0 Å². The molecule has 0 rings (SSSR count).